The molecule has 0 amide bonds. The van der Waals surface area contributed by atoms with Crippen molar-refractivity contribution in [3.63, 3.8) is 0 Å². The maximum atomic E-state index is 12.3. The molecule has 1 fully saturated rings. The lowest BCUT2D eigenvalue weighted by atomic mass is 10.2. The Bertz CT molecular complexity index is 255. The van der Waals surface area contributed by atoms with Crippen LogP contribution in [0.5, 0.6) is 0 Å². The Morgan fingerprint density at radius 1 is 1.31 bits per heavy atom. The van der Waals surface area contributed by atoms with Crippen LogP contribution in [0.2, 0.25) is 0 Å². The minimum atomic E-state index is -3.47. The predicted molar refractivity (Wildman–Crippen MR) is 57.8 cm³/mol. The number of aliphatic hydroxyl groups is 2. The van der Waals surface area contributed by atoms with Gasteiger partial charge in [-0.2, -0.15) is 0 Å². The first-order valence-corrected chi connectivity index (χ1v) is 6.89. The first-order valence-electron chi connectivity index (χ1n) is 5.28. The molecular formula is C8H19N2O5P. The fourth-order valence-electron chi connectivity index (χ4n) is 1.51. The molecule has 1 aliphatic heterocycles. The third-order valence-corrected chi connectivity index (χ3v) is 4.59. The van der Waals surface area contributed by atoms with Crippen molar-refractivity contribution in [2.75, 3.05) is 19.8 Å². The van der Waals surface area contributed by atoms with E-state index in [0.29, 0.717) is 0 Å². The lowest BCUT2D eigenvalue weighted by molar-refractivity contribution is -0.0200. The van der Waals surface area contributed by atoms with Crippen LogP contribution in [0.15, 0.2) is 0 Å². The van der Waals surface area contributed by atoms with E-state index in [-0.39, 0.29) is 19.8 Å². The standard InChI is InChI=1S/C8H19N2O5P/c1-3-14-16(13,15-4-2)8-7(12)6(11)5-9-10-8/h6-12H,3-5H2,1-2H3/t6-,7-,8+/m0/s1. The van der Waals surface area contributed by atoms with Crippen LogP contribution in [0.3, 0.4) is 0 Å². The largest absolute Gasteiger partial charge is 0.389 e. The molecule has 0 aromatic heterocycles. The quantitative estimate of drug-likeness (QED) is 0.486. The van der Waals surface area contributed by atoms with Crippen molar-refractivity contribution >= 4 is 7.60 Å². The average molecular weight is 254 g/mol. The second-order valence-electron chi connectivity index (χ2n) is 3.40. The van der Waals surface area contributed by atoms with Crippen LogP contribution in [0, 0.1) is 0 Å². The van der Waals surface area contributed by atoms with Crippen LogP contribution in [0.4, 0.5) is 0 Å². The number of hydrogen-bond donors (Lipinski definition) is 4. The van der Waals surface area contributed by atoms with Crippen LogP contribution in [0.1, 0.15) is 13.8 Å². The molecule has 1 rings (SSSR count). The molecule has 7 nitrogen and oxygen atoms in total. The molecule has 1 saturated heterocycles. The topological polar surface area (TPSA) is 100 Å². The highest BCUT2D eigenvalue weighted by Crippen LogP contribution is 2.53. The Kier molecular flexibility index (Phi) is 5.33. The van der Waals surface area contributed by atoms with Gasteiger partial charge < -0.3 is 19.3 Å². The summed E-state index contributed by atoms with van der Waals surface area (Å²) in [6, 6.07) is 0. The molecule has 0 aliphatic carbocycles. The first kappa shape index (κ1) is 14.1. The van der Waals surface area contributed by atoms with Crippen LogP contribution in [-0.4, -0.2) is 48.0 Å². The molecule has 1 aliphatic rings. The minimum Gasteiger partial charge on any atom is -0.389 e. The van der Waals surface area contributed by atoms with E-state index >= 15 is 0 Å². The molecule has 0 spiro atoms. The SMILES string of the molecule is CCOP(=O)(OCC)[C@H]1NNC[C@H](O)[C@@H]1O. The number of hydrazine groups is 1. The Morgan fingerprint density at radius 2 is 1.88 bits per heavy atom. The fourth-order valence-corrected chi connectivity index (χ4v) is 3.45. The summed E-state index contributed by atoms with van der Waals surface area (Å²) in [6.07, 6.45) is -2.19. The third-order valence-electron chi connectivity index (χ3n) is 2.24. The molecule has 3 atom stereocenters. The fraction of sp³-hybridized carbons (Fsp3) is 1.00. The molecule has 0 saturated carbocycles. The third kappa shape index (κ3) is 3.01. The lowest BCUT2D eigenvalue weighted by Gasteiger charge is -2.36. The Balaban J connectivity index is 2.80. The van der Waals surface area contributed by atoms with Crippen LogP contribution in [0.25, 0.3) is 0 Å². The average Bonchev–Trinajstić information content (AvgIpc) is 2.22. The zero-order chi connectivity index (χ0) is 12.2. The molecular weight excluding hydrogens is 235 g/mol. The molecule has 1 heterocycles. The first-order chi connectivity index (χ1) is 7.55. The van der Waals surface area contributed by atoms with E-state index in [9.17, 15) is 14.8 Å². The molecule has 0 unspecified atom stereocenters. The van der Waals surface area contributed by atoms with E-state index in [4.69, 9.17) is 9.05 Å². The highest BCUT2D eigenvalue weighted by atomic mass is 31.2. The van der Waals surface area contributed by atoms with Crippen molar-refractivity contribution in [2.45, 2.75) is 31.8 Å². The van der Waals surface area contributed by atoms with Crippen molar-refractivity contribution in [1.82, 2.24) is 10.9 Å². The van der Waals surface area contributed by atoms with Gasteiger partial charge in [0.25, 0.3) is 0 Å². The molecule has 0 radical (unpaired) electrons. The zero-order valence-corrected chi connectivity index (χ0v) is 10.3. The smallest absolute Gasteiger partial charge is 0.351 e. The number of rotatable bonds is 5. The predicted octanol–water partition coefficient (Wildman–Crippen LogP) is -0.592. The molecule has 0 aromatic carbocycles. The van der Waals surface area contributed by atoms with Gasteiger partial charge in [0.2, 0.25) is 0 Å². The summed E-state index contributed by atoms with van der Waals surface area (Å²) in [5, 5.41) is 19.2. The van der Waals surface area contributed by atoms with E-state index < -0.39 is 25.6 Å². The number of hydrogen-bond acceptors (Lipinski definition) is 7. The van der Waals surface area contributed by atoms with Gasteiger partial charge >= 0.3 is 7.60 Å². The van der Waals surface area contributed by atoms with E-state index in [1.165, 1.54) is 0 Å². The van der Waals surface area contributed by atoms with E-state index in [0.717, 1.165) is 0 Å². The second-order valence-corrected chi connectivity index (χ2v) is 5.56. The van der Waals surface area contributed by atoms with Gasteiger partial charge in [-0.25, -0.2) is 5.43 Å². The summed E-state index contributed by atoms with van der Waals surface area (Å²) in [5.41, 5.74) is 5.28. The van der Waals surface area contributed by atoms with Crippen molar-refractivity contribution in [2.24, 2.45) is 0 Å². The molecule has 8 heteroatoms. The van der Waals surface area contributed by atoms with Crippen LogP contribution < -0.4 is 10.9 Å². The van der Waals surface area contributed by atoms with Crippen molar-refractivity contribution in [3.8, 4) is 0 Å². The minimum absolute atomic E-state index is 0.177. The summed E-state index contributed by atoms with van der Waals surface area (Å²) in [4.78, 5) is 0. The molecule has 4 N–H and O–H groups in total. The second kappa shape index (κ2) is 6.07. The normalized spacial score (nSPS) is 31.6. The maximum absolute atomic E-state index is 12.3. The summed E-state index contributed by atoms with van der Waals surface area (Å²) in [5.74, 6) is -0.962. The van der Waals surface area contributed by atoms with E-state index in [2.05, 4.69) is 10.9 Å². The highest BCUT2D eigenvalue weighted by Gasteiger charge is 2.45. The Hall–Kier alpha value is -0.0100. The Labute approximate surface area is 94.6 Å². The molecule has 0 aromatic rings. The van der Waals surface area contributed by atoms with Crippen molar-refractivity contribution in [1.29, 1.82) is 0 Å². The maximum Gasteiger partial charge on any atom is 0.351 e. The van der Waals surface area contributed by atoms with Gasteiger partial charge in [-0.3, -0.25) is 9.99 Å². The van der Waals surface area contributed by atoms with Gasteiger partial charge in [0, 0.05) is 6.54 Å². The van der Waals surface area contributed by atoms with Crippen LogP contribution in [-0.2, 0) is 13.6 Å². The van der Waals surface area contributed by atoms with Crippen LogP contribution >= 0.6 is 7.60 Å². The Morgan fingerprint density at radius 3 is 2.38 bits per heavy atom. The van der Waals surface area contributed by atoms with E-state index in [1.807, 2.05) is 0 Å². The van der Waals surface area contributed by atoms with Gasteiger partial charge in [0.15, 0.2) is 5.78 Å². The van der Waals surface area contributed by atoms with E-state index in [1.54, 1.807) is 13.8 Å². The summed E-state index contributed by atoms with van der Waals surface area (Å²) < 4.78 is 22.5. The van der Waals surface area contributed by atoms with Gasteiger partial charge in [-0.15, -0.1) is 0 Å². The van der Waals surface area contributed by atoms with Crippen molar-refractivity contribution < 1.29 is 23.8 Å². The van der Waals surface area contributed by atoms with Gasteiger partial charge in [0.05, 0.1) is 19.3 Å². The van der Waals surface area contributed by atoms with Gasteiger partial charge in [0.1, 0.15) is 6.10 Å². The van der Waals surface area contributed by atoms with Crippen molar-refractivity contribution in [3.05, 3.63) is 0 Å². The summed E-state index contributed by atoms with van der Waals surface area (Å²) >= 11 is 0. The number of aliphatic hydroxyl groups excluding tert-OH is 2. The summed E-state index contributed by atoms with van der Waals surface area (Å²) in [7, 11) is -3.47. The molecule has 0 bridgehead atoms. The summed E-state index contributed by atoms with van der Waals surface area (Å²) in [6.45, 7) is 3.96. The molecule has 96 valence electrons. The highest BCUT2D eigenvalue weighted by molar-refractivity contribution is 7.54. The van der Waals surface area contributed by atoms with Gasteiger partial charge in [-0.05, 0) is 13.8 Å². The zero-order valence-electron chi connectivity index (χ0n) is 9.42. The lowest BCUT2D eigenvalue weighted by Crippen LogP contribution is -2.60. The number of β-amino-alcohol motifs (C(OH)–C–C–N with tert-alkyl or cyclic N) is 1. The van der Waals surface area contributed by atoms with Gasteiger partial charge in [-0.1, -0.05) is 0 Å². The molecule has 16 heavy (non-hydrogen) atoms. The number of nitrogens with one attached hydrogen (secondary N) is 2. The monoisotopic (exact) mass is 254 g/mol.